The van der Waals surface area contributed by atoms with Crippen molar-refractivity contribution in [3.05, 3.63) is 83.4 Å². The fraction of sp³-hybridized carbons (Fsp3) is 0.227. The lowest BCUT2D eigenvalue weighted by molar-refractivity contribution is 0.832. The van der Waals surface area contributed by atoms with E-state index in [0.717, 1.165) is 25.1 Å². The molecule has 0 spiro atoms. The van der Waals surface area contributed by atoms with E-state index in [0.29, 0.717) is 0 Å². The molecular weight excluding hydrogens is 278 g/mol. The highest BCUT2D eigenvalue weighted by Gasteiger charge is 2.03. The van der Waals surface area contributed by atoms with E-state index in [-0.39, 0.29) is 0 Å². The van der Waals surface area contributed by atoms with E-state index in [9.17, 15) is 0 Å². The third kappa shape index (κ3) is 3.87. The van der Waals surface area contributed by atoms with Crippen LogP contribution in [0, 0.1) is 6.92 Å². The Labute approximate surface area is 138 Å². The molecule has 0 aliphatic heterocycles. The number of rotatable bonds is 5. The smallest absolute Gasteiger partial charge is 0.0395 e. The molecule has 0 saturated carbocycles. The van der Waals surface area contributed by atoms with E-state index in [1.165, 1.54) is 27.5 Å². The maximum atomic E-state index is 4.80. The Morgan fingerprint density at radius 1 is 0.913 bits per heavy atom. The molecule has 1 heteroatoms. The van der Waals surface area contributed by atoms with Crippen molar-refractivity contribution >= 4 is 16.5 Å². The minimum absolute atomic E-state index is 0.878. The van der Waals surface area contributed by atoms with E-state index in [1.807, 2.05) is 0 Å². The van der Waals surface area contributed by atoms with E-state index in [4.69, 9.17) is 4.99 Å². The number of hydrogen-bond donors (Lipinski definition) is 0. The number of benzene rings is 3. The second-order valence-corrected chi connectivity index (χ2v) is 6.09. The van der Waals surface area contributed by atoms with Crippen LogP contribution in [-0.2, 0) is 6.42 Å². The molecule has 116 valence electrons. The van der Waals surface area contributed by atoms with Gasteiger partial charge in [0, 0.05) is 17.8 Å². The van der Waals surface area contributed by atoms with Gasteiger partial charge in [-0.05, 0) is 43.0 Å². The second-order valence-electron chi connectivity index (χ2n) is 6.09. The summed E-state index contributed by atoms with van der Waals surface area (Å²) in [6.07, 6.45) is 2.18. The SMILES string of the molecule is CC(=NCCCc1cccc(C)c1)c1cccc2ccccc12. The molecule has 0 fully saturated rings. The van der Waals surface area contributed by atoms with Gasteiger partial charge in [0.1, 0.15) is 0 Å². The molecule has 0 unspecified atom stereocenters. The number of hydrogen-bond acceptors (Lipinski definition) is 1. The molecule has 0 bridgehead atoms. The van der Waals surface area contributed by atoms with Crippen LogP contribution in [0.4, 0.5) is 0 Å². The van der Waals surface area contributed by atoms with Gasteiger partial charge in [-0.2, -0.15) is 0 Å². The minimum atomic E-state index is 0.878. The Balaban J connectivity index is 1.67. The van der Waals surface area contributed by atoms with Crippen molar-refractivity contribution in [2.45, 2.75) is 26.7 Å². The van der Waals surface area contributed by atoms with Gasteiger partial charge in [0.15, 0.2) is 0 Å². The Morgan fingerprint density at radius 2 is 1.70 bits per heavy atom. The molecule has 0 aliphatic carbocycles. The quantitative estimate of drug-likeness (QED) is 0.430. The maximum Gasteiger partial charge on any atom is 0.0395 e. The number of fused-ring (bicyclic) bond motifs is 1. The van der Waals surface area contributed by atoms with E-state index in [1.54, 1.807) is 0 Å². The number of aliphatic imine (C=N–C) groups is 1. The standard InChI is InChI=1S/C22H23N/c1-17-8-5-9-19(16-17)10-7-15-23-18(2)21-14-6-12-20-11-3-4-13-22(20)21/h3-6,8-9,11-14,16H,7,10,15H2,1-2H3. The third-order valence-electron chi connectivity index (χ3n) is 4.23. The van der Waals surface area contributed by atoms with Crippen LogP contribution < -0.4 is 0 Å². The summed E-state index contributed by atoms with van der Waals surface area (Å²) in [6, 6.07) is 23.7. The summed E-state index contributed by atoms with van der Waals surface area (Å²) in [7, 11) is 0. The van der Waals surface area contributed by atoms with Gasteiger partial charge in [0.25, 0.3) is 0 Å². The van der Waals surface area contributed by atoms with E-state index in [2.05, 4.69) is 80.6 Å². The van der Waals surface area contributed by atoms with Gasteiger partial charge in [-0.15, -0.1) is 0 Å². The van der Waals surface area contributed by atoms with E-state index < -0.39 is 0 Å². The maximum absolute atomic E-state index is 4.80. The van der Waals surface area contributed by atoms with Crippen molar-refractivity contribution in [2.75, 3.05) is 6.54 Å². The van der Waals surface area contributed by atoms with Crippen molar-refractivity contribution in [1.82, 2.24) is 0 Å². The highest BCUT2D eigenvalue weighted by molar-refractivity contribution is 6.09. The van der Waals surface area contributed by atoms with Crippen molar-refractivity contribution in [3.8, 4) is 0 Å². The van der Waals surface area contributed by atoms with Gasteiger partial charge >= 0.3 is 0 Å². The fourth-order valence-corrected chi connectivity index (χ4v) is 3.02. The Bertz CT molecular complexity index is 825. The van der Waals surface area contributed by atoms with Crippen molar-refractivity contribution < 1.29 is 0 Å². The van der Waals surface area contributed by atoms with Gasteiger partial charge in [-0.3, -0.25) is 4.99 Å². The average molecular weight is 301 g/mol. The summed E-state index contributed by atoms with van der Waals surface area (Å²) in [5.41, 5.74) is 5.12. The monoisotopic (exact) mass is 301 g/mol. The summed E-state index contributed by atoms with van der Waals surface area (Å²) in [5, 5.41) is 2.56. The first kappa shape index (κ1) is 15.5. The second kappa shape index (κ2) is 7.23. The van der Waals surface area contributed by atoms with Gasteiger partial charge in [-0.25, -0.2) is 0 Å². The first-order valence-electron chi connectivity index (χ1n) is 8.29. The lowest BCUT2D eigenvalue weighted by atomic mass is 10.0. The first-order valence-corrected chi connectivity index (χ1v) is 8.29. The molecule has 0 amide bonds. The Hall–Kier alpha value is -2.41. The largest absolute Gasteiger partial charge is 0.289 e. The zero-order chi connectivity index (χ0) is 16.1. The molecular formula is C22H23N. The molecule has 0 saturated heterocycles. The summed E-state index contributed by atoms with van der Waals surface area (Å²) in [6.45, 7) is 5.14. The van der Waals surface area contributed by atoms with E-state index >= 15 is 0 Å². The predicted molar refractivity (Wildman–Crippen MR) is 101 cm³/mol. The van der Waals surface area contributed by atoms with Crippen molar-refractivity contribution in [2.24, 2.45) is 4.99 Å². The lowest BCUT2D eigenvalue weighted by Crippen LogP contribution is -1.98. The van der Waals surface area contributed by atoms with Crippen LogP contribution in [0.5, 0.6) is 0 Å². The average Bonchev–Trinajstić information content (AvgIpc) is 2.58. The molecule has 23 heavy (non-hydrogen) atoms. The van der Waals surface area contributed by atoms with Crippen LogP contribution in [0.3, 0.4) is 0 Å². The first-order chi connectivity index (χ1) is 11.2. The zero-order valence-electron chi connectivity index (χ0n) is 13.9. The fourth-order valence-electron chi connectivity index (χ4n) is 3.02. The molecule has 1 nitrogen and oxygen atoms in total. The molecule has 0 N–H and O–H groups in total. The molecule has 0 aliphatic rings. The molecule has 0 atom stereocenters. The van der Waals surface area contributed by atoms with Crippen LogP contribution in [0.15, 0.2) is 71.7 Å². The summed E-state index contributed by atoms with van der Waals surface area (Å²) in [4.78, 5) is 4.80. The van der Waals surface area contributed by atoms with Crippen LogP contribution in [0.25, 0.3) is 10.8 Å². The van der Waals surface area contributed by atoms with Crippen molar-refractivity contribution in [1.29, 1.82) is 0 Å². The molecule has 3 aromatic carbocycles. The van der Waals surface area contributed by atoms with Gasteiger partial charge in [-0.1, -0.05) is 72.3 Å². The summed E-state index contributed by atoms with van der Waals surface area (Å²) >= 11 is 0. The Morgan fingerprint density at radius 3 is 2.57 bits per heavy atom. The molecule has 0 heterocycles. The van der Waals surface area contributed by atoms with Gasteiger partial charge in [0.2, 0.25) is 0 Å². The normalized spacial score (nSPS) is 11.8. The van der Waals surface area contributed by atoms with Crippen LogP contribution >= 0.6 is 0 Å². The molecule has 0 aromatic heterocycles. The number of nitrogens with zero attached hydrogens (tertiary/aromatic N) is 1. The highest BCUT2D eigenvalue weighted by Crippen LogP contribution is 2.19. The van der Waals surface area contributed by atoms with Crippen LogP contribution in [0.2, 0.25) is 0 Å². The molecule has 3 aromatic rings. The summed E-state index contributed by atoms with van der Waals surface area (Å²) in [5.74, 6) is 0. The van der Waals surface area contributed by atoms with Crippen LogP contribution in [-0.4, -0.2) is 12.3 Å². The summed E-state index contributed by atoms with van der Waals surface area (Å²) < 4.78 is 0. The van der Waals surface area contributed by atoms with Gasteiger partial charge in [0.05, 0.1) is 0 Å². The highest BCUT2D eigenvalue weighted by atomic mass is 14.7. The van der Waals surface area contributed by atoms with Crippen LogP contribution in [0.1, 0.15) is 30.0 Å². The number of aryl methyl sites for hydroxylation is 2. The van der Waals surface area contributed by atoms with Gasteiger partial charge < -0.3 is 0 Å². The molecule has 0 radical (unpaired) electrons. The van der Waals surface area contributed by atoms with Crippen molar-refractivity contribution in [3.63, 3.8) is 0 Å². The molecule has 3 rings (SSSR count). The topological polar surface area (TPSA) is 12.4 Å². The zero-order valence-corrected chi connectivity index (χ0v) is 13.9. The predicted octanol–water partition coefficient (Wildman–Crippen LogP) is 5.59. The minimum Gasteiger partial charge on any atom is -0.289 e. The third-order valence-corrected chi connectivity index (χ3v) is 4.23. The lowest BCUT2D eigenvalue weighted by Gasteiger charge is -2.07. The Kier molecular flexibility index (Phi) is 4.87.